The number of hydrogen-bond donors (Lipinski definition) is 1. The van der Waals surface area contributed by atoms with E-state index in [0.29, 0.717) is 19.1 Å². The number of fused-ring (bicyclic) bond motifs is 1. The third kappa shape index (κ3) is 3.11. The average molecular weight is 324 g/mol. The maximum atomic E-state index is 11.9. The average Bonchev–Trinajstić information content (AvgIpc) is 2.83. The van der Waals surface area contributed by atoms with Gasteiger partial charge in [0.25, 0.3) is 0 Å². The van der Waals surface area contributed by atoms with Crippen molar-refractivity contribution in [2.24, 2.45) is 0 Å². The normalized spacial score (nSPS) is 10.9. The molecule has 0 aliphatic heterocycles. The smallest absolute Gasteiger partial charge is 0.356 e. The van der Waals surface area contributed by atoms with E-state index in [1.165, 1.54) is 5.56 Å². The molecule has 0 saturated heterocycles. The van der Waals surface area contributed by atoms with Crippen molar-refractivity contribution >= 4 is 23.0 Å². The number of nitrogens with two attached hydrogens (primary N) is 1. The zero-order chi connectivity index (χ0) is 17.1. The lowest BCUT2D eigenvalue weighted by Crippen LogP contribution is -2.37. The second-order valence-corrected chi connectivity index (χ2v) is 5.81. The lowest BCUT2D eigenvalue weighted by Gasteiger charge is -2.03. The largest absolute Gasteiger partial charge is 0.464 e. The molecule has 5 nitrogen and oxygen atoms in total. The Morgan fingerprint density at radius 3 is 2.58 bits per heavy atom. The number of aromatic nitrogens is 2. The molecule has 0 amide bonds. The molecule has 0 unspecified atom stereocenters. The van der Waals surface area contributed by atoms with Gasteiger partial charge >= 0.3 is 11.9 Å². The molecule has 0 saturated carbocycles. The number of para-hydroxylation sites is 2. The highest BCUT2D eigenvalue weighted by atomic mass is 16.5. The summed E-state index contributed by atoms with van der Waals surface area (Å²) in [6.45, 7) is 4.99. The Morgan fingerprint density at radius 2 is 1.88 bits per heavy atom. The fraction of sp³-hybridized carbons (Fsp3) is 0.263. The van der Waals surface area contributed by atoms with Crippen molar-refractivity contribution in [1.82, 2.24) is 4.57 Å². The van der Waals surface area contributed by atoms with Crippen molar-refractivity contribution < 1.29 is 14.1 Å². The molecule has 124 valence electrons. The molecule has 3 aromatic rings. The van der Waals surface area contributed by atoms with Gasteiger partial charge < -0.3 is 4.74 Å². The van der Waals surface area contributed by atoms with Gasteiger partial charge in [0.1, 0.15) is 11.0 Å². The number of imidazole rings is 1. The van der Waals surface area contributed by atoms with Gasteiger partial charge in [-0.15, -0.1) is 0 Å². The molecule has 2 N–H and O–H groups in total. The predicted octanol–water partition coefficient (Wildman–Crippen LogP) is 2.43. The van der Waals surface area contributed by atoms with E-state index in [1.54, 1.807) is 6.92 Å². The van der Waals surface area contributed by atoms with Gasteiger partial charge in [-0.25, -0.2) is 13.9 Å². The molecule has 1 heterocycles. The predicted molar refractivity (Wildman–Crippen MR) is 93.5 cm³/mol. The summed E-state index contributed by atoms with van der Waals surface area (Å²) in [7, 11) is 0. The Balaban J connectivity index is 2.02. The van der Waals surface area contributed by atoms with E-state index in [0.717, 1.165) is 16.6 Å². The Bertz CT molecular complexity index is 866. The van der Waals surface area contributed by atoms with Crippen LogP contribution in [-0.2, 0) is 22.6 Å². The van der Waals surface area contributed by atoms with E-state index in [-0.39, 0.29) is 12.5 Å². The molecule has 1 aromatic heterocycles. The van der Waals surface area contributed by atoms with Gasteiger partial charge in [-0.05, 0) is 31.5 Å². The fourth-order valence-corrected chi connectivity index (χ4v) is 2.86. The Kier molecular flexibility index (Phi) is 4.51. The van der Waals surface area contributed by atoms with Crippen LogP contribution >= 0.6 is 0 Å². The molecule has 0 spiro atoms. The highest BCUT2D eigenvalue weighted by molar-refractivity contribution is 5.77. The minimum absolute atomic E-state index is 0.112. The van der Waals surface area contributed by atoms with Crippen molar-refractivity contribution in [2.75, 3.05) is 12.3 Å². The molecule has 2 aromatic carbocycles. The summed E-state index contributed by atoms with van der Waals surface area (Å²) >= 11 is 0. The minimum Gasteiger partial charge on any atom is -0.464 e. The molecule has 0 fully saturated rings. The number of carbonyl (C=O) groups excluding carboxylic acids is 1. The molecule has 3 rings (SSSR count). The van der Waals surface area contributed by atoms with Crippen molar-refractivity contribution in [3.63, 3.8) is 0 Å². The third-order valence-corrected chi connectivity index (χ3v) is 4.07. The van der Waals surface area contributed by atoms with Crippen LogP contribution in [0.25, 0.3) is 11.0 Å². The molecule has 0 bridgehead atoms. The fourth-order valence-electron chi connectivity index (χ4n) is 2.86. The molecule has 0 aliphatic rings. The molecule has 0 atom stereocenters. The first-order valence-corrected chi connectivity index (χ1v) is 8.08. The van der Waals surface area contributed by atoms with Gasteiger partial charge in [0.2, 0.25) is 0 Å². The van der Waals surface area contributed by atoms with E-state index in [4.69, 9.17) is 10.5 Å². The minimum atomic E-state index is -0.285. The first-order chi connectivity index (χ1) is 11.6. The summed E-state index contributed by atoms with van der Waals surface area (Å²) in [5.74, 6) is 0.261. The van der Waals surface area contributed by atoms with Crippen LogP contribution in [0.2, 0.25) is 0 Å². The summed E-state index contributed by atoms with van der Waals surface area (Å²) < 4.78 is 8.90. The molecule has 24 heavy (non-hydrogen) atoms. The Hall–Kier alpha value is -2.82. The van der Waals surface area contributed by atoms with Crippen LogP contribution in [0.1, 0.15) is 18.1 Å². The molecule has 0 aliphatic carbocycles. The number of hydrogen-bond acceptors (Lipinski definition) is 3. The second kappa shape index (κ2) is 6.74. The Morgan fingerprint density at radius 1 is 1.17 bits per heavy atom. The van der Waals surface area contributed by atoms with Crippen molar-refractivity contribution in [2.45, 2.75) is 26.9 Å². The zero-order valence-electron chi connectivity index (χ0n) is 14.0. The third-order valence-electron chi connectivity index (χ3n) is 4.07. The van der Waals surface area contributed by atoms with Crippen LogP contribution in [0.5, 0.6) is 0 Å². The van der Waals surface area contributed by atoms with E-state index >= 15 is 0 Å². The van der Waals surface area contributed by atoms with Crippen LogP contribution in [0.15, 0.2) is 48.5 Å². The number of nitrogen functional groups attached to an aromatic ring is 1. The number of esters is 1. The van der Waals surface area contributed by atoms with Crippen LogP contribution in [0.3, 0.4) is 0 Å². The van der Waals surface area contributed by atoms with Crippen molar-refractivity contribution in [1.29, 1.82) is 0 Å². The van der Waals surface area contributed by atoms with Gasteiger partial charge in [-0.2, -0.15) is 0 Å². The highest BCUT2D eigenvalue weighted by Gasteiger charge is 2.23. The SMILES string of the molecule is CCOC(=O)Cn1c(N)[n+](Cc2ccc(C)cc2)c2ccccc21. The number of ether oxygens (including phenoxy) is 1. The number of nitrogens with zero attached hydrogens (tertiary/aromatic N) is 2. The number of carbonyl (C=O) groups is 1. The summed E-state index contributed by atoms with van der Waals surface area (Å²) in [5, 5.41) is 0. The summed E-state index contributed by atoms with van der Waals surface area (Å²) in [6.07, 6.45) is 0. The number of aryl methyl sites for hydroxylation is 1. The standard InChI is InChI=1S/C19H21N3O2/c1-3-24-18(23)13-22-17-7-5-4-6-16(17)21(19(22)20)12-15-10-8-14(2)9-11-15/h4-11,20H,3,12-13H2,1-2H3/p+1. The topological polar surface area (TPSA) is 61.1 Å². The Labute approximate surface area is 141 Å². The van der Waals surface area contributed by atoms with Crippen LogP contribution in [-0.4, -0.2) is 17.1 Å². The zero-order valence-corrected chi connectivity index (χ0v) is 14.0. The van der Waals surface area contributed by atoms with E-state index in [1.807, 2.05) is 33.4 Å². The van der Waals surface area contributed by atoms with Gasteiger partial charge in [0.05, 0.1) is 13.2 Å². The summed E-state index contributed by atoms with van der Waals surface area (Å²) in [5.41, 5.74) is 10.7. The molecule has 5 heteroatoms. The van der Waals surface area contributed by atoms with E-state index in [2.05, 4.69) is 31.2 Å². The first kappa shape index (κ1) is 16.1. The van der Waals surface area contributed by atoms with E-state index in [9.17, 15) is 4.79 Å². The van der Waals surface area contributed by atoms with Crippen LogP contribution in [0.4, 0.5) is 5.95 Å². The van der Waals surface area contributed by atoms with Crippen LogP contribution < -0.4 is 10.3 Å². The number of rotatable bonds is 5. The van der Waals surface area contributed by atoms with Gasteiger partial charge in [-0.3, -0.25) is 5.73 Å². The maximum absolute atomic E-state index is 11.9. The first-order valence-electron chi connectivity index (χ1n) is 8.08. The lowest BCUT2D eigenvalue weighted by molar-refractivity contribution is -0.648. The number of benzene rings is 2. The van der Waals surface area contributed by atoms with Crippen molar-refractivity contribution in [3.05, 3.63) is 59.7 Å². The van der Waals surface area contributed by atoms with Gasteiger partial charge in [0.15, 0.2) is 6.54 Å². The van der Waals surface area contributed by atoms with Crippen LogP contribution in [0, 0.1) is 6.92 Å². The highest BCUT2D eigenvalue weighted by Crippen LogP contribution is 2.17. The lowest BCUT2D eigenvalue weighted by atomic mass is 10.1. The maximum Gasteiger partial charge on any atom is 0.356 e. The number of anilines is 1. The van der Waals surface area contributed by atoms with Gasteiger partial charge in [0, 0.05) is 0 Å². The quantitative estimate of drug-likeness (QED) is 0.579. The molecular formula is C19H22N3O2+. The van der Waals surface area contributed by atoms with Gasteiger partial charge in [-0.1, -0.05) is 42.0 Å². The second-order valence-electron chi connectivity index (χ2n) is 5.81. The summed E-state index contributed by atoms with van der Waals surface area (Å²) in [6, 6.07) is 16.3. The molecule has 0 radical (unpaired) electrons. The monoisotopic (exact) mass is 324 g/mol. The summed E-state index contributed by atoms with van der Waals surface area (Å²) in [4.78, 5) is 11.9. The van der Waals surface area contributed by atoms with Crippen molar-refractivity contribution in [3.8, 4) is 0 Å². The molecular weight excluding hydrogens is 302 g/mol. The van der Waals surface area contributed by atoms with E-state index < -0.39 is 0 Å².